The molecule has 0 spiro atoms. The van der Waals surface area contributed by atoms with Crippen molar-refractivity contribution in [2.45, 2.75) is 72.1 Å². The molecule has 324 valence electrons. The average Bonchev–Trinajstić information content (AvgIpc) is 3.54. The van der Waals surface area contributed by atoms with Crippen molar-refractivity contribution < 1.29 is 52.0 Å². The second-order valence-electron chi connectivity index (χ2n) is 16.4. The summed E-state index contributed by atoms with van der Waals surface area (Å²) in [5, 5.41) is 0.886. The fourth-order valence-corrected chi connectivity index (χ4v) is 8.04. The van der Waals surface area contributed by atoms with E-state index in [1.165, 1.54) is 34.5 Å². The molecule has 4 atom stereocenters. The molecule has 16 heteroatoms. The molecule has 1 aliphatic heterocycles. The van der Waals surface area contributed by atoms with Crippen LogP contribution in [0.2, 0.25) is 0 Å². The van der Waals surface area contributed by atoms with Crippen LogP contribution >= 0.6 is 0 Å². The largest absolute Gasteiger partial charge is 0.493 e. The highest BCUT2D eigenvalue weighted by molar-refractivity contribution is 6.17. The summed E-state index contributed by atoms with van der Waals surface area (Å²) in [7, 11) is 5.77. The van der Waals surface area contributed by atoms with E-state index < -0.39 is 41.2 Å². The Kier molecular flexibility index (Phi) is 11.3. The fourth-order valence-electron chi connectivity index (χ4n) is 8.04. The van der Waals surface area contributed by atoms with Gasteiger partial charge in [0, 0.05) is 40.1 Å². The first-order chi connectivity index (χ1) is 28.9. The van der Waals surface area contributed by atoms with Crippen molar-refractivity contribution in [2.24, 2.45) is 40.9 Å². The number of nitrogens with zero attached hydrogens (tertiary/aromatic N) is 1. The Bertz CT molecular complexity index is 2650. The van der Waals surface area contributed by atoms with Gasteiger partial charge in [-0.3, -0.25) is 0 Å². The van der Waals surface area contributed by atoms with Gasteiger partial charge in [-0.05, 0) is 59.9 Å². The lowest BCUT2D eigenvalue weighted by Gasteiger charge is -2.26. The molecule has 0 amide bonds. The molecule has 0 saturated heterocycles. The lowest BCUT2D eigenvalue weighted by Crippen LogP contribution is -2.40. The van der Waals surface area contributed by atoms with Crippen molar-refractivity contribution in [3.05, 3.63) is 52.4 Å². The summed E-state index contributed by atoms with van der Waals surface area (Å²) in [5.41, 5.74) is 20.0. The van der Waals surface area contributed by atoms with E-state index in [1.54, 1.807) is 44.2 Å². The molecule has 2 aliphatic rings. The van der Waals surface area contributed by atoms with Crippen molar-refractivity contribution in [2.75, 3.05) is 28.4 Å². The van der Waals surface area contributed by atoms with Crippen molar-refractivity contribution in [1.82, 2.24) is 4.57 Å². The van der Waals surface area contributed by atoms with Crippen LogP contribution in [0, 0.1) is 23.7 Å². The lowest BCUT2D eigenvalue weighted by molar-refractivity contribution is -0.138. The Morgan fingerprint density at radius 1 is 0.754 bits per heavy atom. The van der Waals surface area contributed by atoms with E-state index in [0.29, 0.717) is 38.7 Å². The molecule has 2 unspecified atom stereocenters. The highest BCUT2D eigenvalue weighted by atomic mass is 16.6. The van der Waals surface area contributed by atoms with Crippen molar-refractivity contribution in [1.29, 1.82) is 0 Å². The third-order valence-corrected chi connectivity index (χ3v) is 12.3. The van der Waals surface area contributed by atoms with Crippen molar-refractivity contribution in [3.63, 3.8) is 0 Å². The van der Waals surface area contributed by atoms with E-state index in [9.17, 15) is 19.2 Å². The fraction of sp³-hybridized carbons (Fsp3) is 0.422. The van der Waals surface area contributed by atoms with Gasteiger partial charge < -0.3 is 59.3 Å². The van der Waals surface area contributed by atoms with Gasteiger partial charge in [-0.2, -0.15) is 0 Å². The number of nitrogens with two attached hydrogens (primary N) is 3. The van der Waals surface area contributed by atoms with Crippen LogP contribution in [0.15, 0.2) is 45.6 Å². The summed E-state index contributed by atoms with van der Waals surface area (Å²) >= 11 is 0. The van der Waals surface area contributed by atoms with Crippen LogP contribution in [0.25, 0.3) is 44.3 Å². The second-order valence-corrected chi connectivity index (χ2v) is 16.4. The number of hydrogen-bond acceptors (Lipinski definition) is 15. The normalized spacial score (nSPS) is 18.9. The van der Waals surface area contributed by atoms with E-state index in [0.717, 1.165) is 0 Å². The predicted octanol–water partition coefficient (Wildman–Crippen LogP) is 5.34. The molecule has 1 fully saturated rings. The van der Waals surface area contributed by atoms with Gasteiger partial charge in [0.2, 0.25) is 5.75 Å². The number of benzene rings is 3. The van der Waals surface area contributed by atoms with Crippen molar-refractivity contribution in [3.8, 4) is 62.6 Å². The van der Waals surface area contributed by atoms with E-state index in [1.807, 2.05) is 32.3 Å². The first-order valence-corrected chi connectivity index (χ1v) is 20.1. The molecule has 3 aromatic carbocycles. The Morgan fingerprint density at radius 3 is 1.93 bits per heavy atom. The minimum atomic E-state index is -1.13. The standard InChI is InChI=1S/C45H52N4O12/c1-19(2)35(46)41(50)59-31-18-28-26(17-30(31)55-8)34-33(23-11-12-27(29(15-23)54-7)60-44(53)45(48)21(5)22(45)6)37-25-16-32(56-9)40(57-10)39(61-42(51)36(47)20(3)4)24(25)13-14-49(37)38(34)43(52)58-28/h11-12,15-22,35-36H,13-14,46-48H2,1-10H3/t21?,22?,35-,36-,45?/m0/s1. The minimum Gasteiger partial charge on any atom is -0.493 e. The monoisotopic (exact) mass is 840 g/mol. The zero-order valence-corrected chi connectivity index (χ0v) is 35.9. The van der Waals surface area contributed by atoms with E-state index in [-0.39, 0.29) is 88.0 Å². The highest BCUT2D eigenvalue weighted by Crippen LogP contribution is 2.54. The number of methoxy groups -OCH3 is 4. The molecule has 3 heterocycles. The van der Waals surface area contributed by atoms with Crippen molar-refractivity contribution >= 4 is 39.8 Å². The molecule has 1 saturated carbocycles. The average molecular weight is 841 g/mol. The van der Waals surface area contributed by atoms with E-state index in [2.05, 4.69) is 0 Å². The number of carbonyl (C=O) groups is 3. The molecule has 2 aromatic heterocycles. The molecule has 16 nitrogen and oxygen atoms in total. The van der Waals surface area contributed by atoms with Crippen LogP contribution in [0.1, 0.15) is 47.1 Å². The van der Waals surface area contributed by atoms with Gasteiger partial charge in [0.05, 0.1) is 34.1 Å². The third-order valence-electron chi connectivity index (χ3n) is 12.3. The maximum absolute atomic E-state index is 14.4. The zero-order valence-electron chi connectivity index (χ0n) is 35.9. The van der Waals surface area contributed by atoms with Crippen LogP contribution in [0.5, 0.6) is 40.2 Å². The quantitative estimate of drug-likeness (QED) is 0.0772. The SMILES string of the molecule is COc1cc2c(cc1OC(=O)[C@@H](N)C(C)C)oc(=O)c1c2c(-c2ccc(OC(=O)C3(N)C(C)C3C)c(OC)c2)c2n1CCc1c-2cc(OC)c(OC)c1OC(=O)[C@@H](N)C(C)C. The topological polar surface area (TPSA) is 229 Å². The summed E-state index contributed by atoms with van der Waals surface area (Å²) in [4.78, 5) is 54.2. The smallest absolute Gasteiger partial charge is 0.361 e. The van der Waals surface area contributed by atoms with Gasteiger partial charge in [0.15, 0.2) is 34.5 Å². The minimum absolute atomic E-state index is 0.00201. The van der Waals surface area contributed by atoms with Crippen LogP contribution < -0.4 is 56.0 Å². The Morgan fingerprint density at radius 2 is 1.36 bits per heavy atom. The molecular formula is C45H52N4O12. The number of esters is 3. The number of hydrogen-bond donors (Lipinski definition) is 3. The number of aromatic nitrogens is 1. The molecule has 6 N–H and O–H groups in total. The lowest BCUT2D eigenvalue weighted by atomic mass is 9.91. The molecule has 1 aliphatic carbocycles. The molecule has 7 rings (SSSR count). The summed E-state index contributed by atoms with van der Waals surface area (Å²) in [5.74, 6) is -1.43. The summed E-state index contributed by atoms with van der Waals surface area (Å²) in [6.07, 6.45) is 0.285. The van der Waals surface area contributed by atoms with Crippen LogP contribution in [-0.2, 0) is 27.3 Å². The van der Waals surface area contributed by atoms with Crippen LogP contribution in [0.3, 0.4) is 0 Å². The first-order valence-electron chi connectivity index (χ1n) is 20.1. The van der Waals surface area contributed by atoms with Gasteiger partial charge in [0.25, 0.3) is 0 Å². The Hall–Kier alpha value is -6.10. The molecular weight excluding hydrogens is 789 g/mol. The molecule has 61 heavy (non-hydrogen) atoms. The molecule has 5 aromatic rings. The van der Waals surface area contributed by atoms with Gasteiger partial charge in [-0.25, -0.2) is 19.2 Å². The Labute approximate surface area is 352 Å². The highest BCUT2D eigenvalue weighted by Gasteiger charge is 2.63. The van der Waals surface area contributed by atoms with Gasteiger partial charge in [-0.15, -0.1) is 0 Å². The Balaban J connectivity index is 1.54. The number of aryl methyl sites for hydroxylation is 1. The zero-order chi connectivity index (χ0) is 44.4. The van der Waals surface area contributed by atoms with E-state index in [4.69, 9.17) is 54.8 Å². The summed E-state index contributed by atoms with van der Waals surface area (Å²) in [6, 6.07) is 7.98. The first kappa shape index (κ1) is 43.0. The molecule has 0 radical (unpaired) electrons. The maximum Gasteiger partial charge on any atom is 0.361 e. The van der Waals surface area contributed by atoms with E-state index >= 15 is 0 Å². The maximum atomic E-state index is 14.4. The number of rotatable bonds is 13. The number of carbonyl (C=O) groups excluding carboxylic acids is 3. The summed E-state index contributed by atoms with van der Waals surface area (Å²) < 4.78 is 48.6. The predicted molar refractivity (Wildman–Crippen MR) is 227 cm³/mol. The number of fused-ring (bicyclic) bond motifs is 7. The third kappa shape index (κ3) is 7.01. The summed E-state index contributed by atoms with van der Waals surface area (Å²) in [6.45, 7) is 11.2. The van der Waals surface area contributed by atoms with Gasteiger partial charge in [0.1, 0.15) is 28.7 Å². The van der Waals surface area contributed by atoms with Crippen LogP contribution in [0.4, 0.5) is 0 Å². The van der Waals surface area contributed by atoms with Gasteiger partial charge in [-0.1, -0.05) is 47.6 Å². The molecule has 0 bridgehead atoms. The second kappa shape index (κ2) is 16.1. The van der Waals surface area contributed by atoms with Crippen LogP contribution in [-0.4, -0.2) is 68.5 Å². The van der Waals surface area contributed by atoms with Gasteiger partial charge >= 0.3 is 23.5 Å². The number of ether oxygens (including phenoxy) is 7.